The predicted octanol–water partition coefficient (Wildman–Crippen LogP) is 2.32. The van der Waals surface area contributed by atoms with E-state index in [1.807, 2.05) is 0 Å². The van der Waals surface area contributed by atoms with E-state index in [2.05, 4.69) is 0 Å². The number of hydrogen-bond acceptors (Lipinski definition) is 8. The topological polar surface area (TPSA) is 124 Å². The van der Waals surface area contributed by atoms with Gasteiger partial charge >= 0.3 is 5.97 Å². The van der Waals surface area contributed by atoms with Crippen molar-refractivity contribution in [1.29, 1.82) is 0 Å². The normalized spacial score (nSPS) is 19.0. The van der Waals surface area contributed by atoms with Crippen LogP contribution in [-0.2, 0) is 19.7 Å². The number of hydrogen-bond donors (Lipinski definition) is 2. The number of nitrogens with zero attached hydrogens (tertiary/aromatic N) is 2. The summed E-state index contributed by atoms with van der Waals surface area (Å²) < 4.78 is 36.7. The van der Waals surface area contributed by atoms with Gasteiger partial charge in [0.15, 0.2) is 5.75 Å². The number of fused-ring (bicyclic) bond motifs is 1. The minimum atomic E-state index is -4.07. The molecule has 0 unspecified atom stereocenters. The van der Waals surface area contributed by atoms with Crippen LogP contribution in [0.25, 0.3) is 0 Å². The molecule has 2 N–H and O–H groups in total. The van der Waals surface area contributed by atoms with Crippen molar-refractivity contribution < 1.29 is 32.4 Å². The predicted molar refractivity (Wildman–Crippen MR) is 112 cm³/mol. The molecule has 29 heavy (non-hydrogen) atoms. The van der Waals surface area contributed by atoms with E-state index in [9.17, 15) is 18.0 Å². The molecule has 13 heteroatoms. The van der Waals surface area contributed by atoms with Crippen molar-refractivity contribution >= 4 is 67.6 Å². The van der Waals surface area contributed by atoms with E-state index in [1.165, 1.54) is 0 Å². The number of thioether (sulfide) groups is 1. The lowest BCUT2D eigenvalue weighted by molar-refractivity contribution is -0.140. The van der Waals surface area contributed by atoms with Gasteiger partial charge in [0.2, 0.25) is 5.88 Å². The number of ether oxygens (including phenoxy) is 1. The second kappa shape index (κ2) is 8.48. The Kier molecular flexibility index (Phi) is 6.39. The molecule has 1 aromatic rings. The Morgan fingerprint density at radius 1 is 1.28 bits per heavy atom. The summed E-state index contributed by atoms with van der Waals surface area (Å²) in [5, 5.41) is 9.43. The van der Waals surface area contributed by atoms with Gasteiger partial charge in [0, 0.05) is 11.6 Å². The van der Waals surface area contributed by atoms with Gasteiger partial charge in [-0.05, 0) is 42.8 Å². The molecule has 0 aromatic heterocycles. The van der Waals surface area contributed by atoms with Crippen LogP contribution in [-0.4, -0.2) is 58.0 Å². The fraction of sp³-hybridized carbons (Fsp3) is 0.312. The minimum Gasteiger partial charge on any atom is -0.480 e. The molecule has 2 aliphatic rings. The molecular weight excluding hydrogens is 464 g/mol. The lowest BCUT2D eigenvalue weighted by Gasteiger charge is -2.19. The van der Waals surface area contributed by atoms with Gasteiger partial charge in [-0.1, -0.05) is 23.8 Å². The van der Waals surface area contributed by atoms with Crippen LogP contribution in [0.3, 0.4) is 0 Å². The molecule has 3 rings (SSSR count). The Labute approximate surface area is 181 Å². The van der Waals surface area contributed by atoms with E-state index in [4.69, 9.17) is 38.2 Å². The van der Waals surface area contributed by atoms with Gasteiger partial charge in [-0.3, -0.25) is 19.0 Å². The monoisotopic (exact) mass is 478 g/mol. The smallest absolute Gasteiger partial charge is 0.323 e. The second-order valence-corrected chi connectivity index (χ2v) is 9.80. The maximum atomic E-state index is 12.7. The fourth-order valence-electron chi connectivity index (χ4n) is 2.80. The average molecular weight is 479 g/mol. The third-order valence-electron chi connectivity index (χ3n) is 4.03. The molecule has 0 bridgehead atoms. The second-order valence-electron chi connectivity index (χ2n) is 6.15. The van der Waals surface area contributed by atoms with Crippen LogP contribution in [0.4, 0.5) is 5.69 Å². The molecule has 9 nitrogen and oxygen atoms in total. The van der Waals surface area contributed by atoms with Crippen molar-refractivity contribution in [3.63, 3.8) is 0 Å². The third-order valence-corrected chi connectivity index (χ3v) is 6.49. The van der Waals surface area contributed by atoms with Crippen LogP contribution in [0.1, 0.15) is 12.8 Å². The van der Waals surface area contributed by atoms with E-state index in [1.54, 1.807) is 23.1 Å². The van der Waals surface area contributed by atoms with E-state index < -0.39 is 28.5 Å². The highest BCUT2D eigenvalue weighted by Crippen LogP contribution is 2.45. The molecule has 0 atom stereocenters. The number of halogens is 1. The Morgan fingerprint density at radius 3 is 2.66 bits per heavy atom. The van der Waals surface area contributed by atoms with Gasteiger partial charge in [0.05, 0.1) is 11.4 Å². The molecule has 156 valence electrons. The number of unbranched alkanes of at least 4 members (excludes halogenated alkanes) is 1. The fourth-order valence-corrected chi connectivity index (χ4v) is 4.80. The van der Waals surface area contributed by atoms with Gasteiger partial charge in [-0.15, -0.1) is 0 Å². The van der Waals surface area contributed by atoms with E-state index in [-0.39, 0.29) is 33.8 Å². The lowest BCUT2D eigenvalue weighted by Crippen LogP contribution is -2.34. The van der Waals surface area contributed by atoms with Crippen molar-refractivity contribution in [1.82, 2.24) is 4.90 Å². The van der Waals surface area contributed by atoms with E-state index in [0.29, 0.717) is 22.9 Å². The molecular formula is C16H15ClN2O7S3. The van der Waals surface area contributed by atoms with Crippen LogP contribution in [0.2, 0.25) is 5.02 Å². The summed E-state index contributed by atoms with van der Waals surface area (Å²) >= 11 is 12.1. The molecule has 0 aliphatic carbocycles. The summed E-state index contributed by atoms with van der Waals surface area (Å²) in [5.74, 6) is -1.54. The van der Waals surface area contributed by atoms with Gasteiger partial charge < -0.3 is 14.7 Å². The molecule has 1 amide bonds. The third kappa shape index (κ3) is 5.01. The van der Waals surface area contributed by atoms with Crippen LogP contribution in [0.5, 0.6) is 5.75 Å². The number of carboxylic acid groups (broad SMARTS) is 1. The summed E-state index contributed by atoms with van der Waals surface area (Å²) in [6.45, 7) is -0.282. The highest BCUT2D eigenvalue weighted by molar-refractivity contribution is 8.26. The van der Waals surface area contributed by atoms with Crippen molar-refractivity contribution in [2.45, 2.75) is 12.8 Å². The summed E-state index contributed by atoms with van der Waals surface area (Å²) in [6, 6.07) is 4.90. The number of amides is 1. The Hall–Kier alpha value is -1.86. The largest absolute Gasteiger partial charge is 0.480 e. The summed E-state index contributed by atoms with van der Waals surface area (Å²) in [4.78, 5) is 26.5. The van der Waals surface area contributed by atoms with Crippen molar-refractivity contribution in [3.05, 3.63) is 34.0 Å². The number of thiocarbonyl (C=S) groups is 1. The summed E-state index contributed by atoms with van der Waals surface area (Å²) in [5.41, 5.74) is 0.586. The van der Waals surface area contributed by atoms with E-state index in [0.717, 1.165) is 16.7 Å². The quantitative estimate of drug-likeness (QED) is 0.261. The Morgan fingerprint density at radius 2 is 2.00 bits per heavy atom. The van der Waals surface area contributed by atoms with Crippen molar-refractivity contribution in [2.75, 3.05) is 23.7 Å². The number of aliphatic carboxylic acids is 1. The number of rotatable bonds is 7. The summed E-state index contributed by atoms with van der Waals surface area (Å²) in [6.07, 6.45) is 0.562. The van der Waals surface area contributed by atoms with Crippen molar-refractivity contribution in [3.8, 4) is 5.75 Å². The Bertz CT molecular complexity index is 1030. The first-order valence-corrected chi connectivity index (χ1v) is 11.5. The lowest BCUT2D eigenvalue weighted by atomic mass is 10.2. The first-order chi connectivity index (χ1) is 13.6. The first-order valence-electron chi connectivity index (χ1n) is 8.26. The minimum absolute atomic E-state index is 0.101. The highest BCUT2D eigenvalue weighted by Gasteiger charge is 2.40. The number of carboxylic acids is 1. The molecule has 0 saturated carbocycles. The van der Waals surface area contributed by atoms with Gasteiger partial charge in [-0.25, -0.2) is 0 Å². The molecule has 2 heterocycles. The standard InChI is InChI=1S/C16H15ClN2O7S3/c17-9-3-4-11-10(7-9)18(5-1-2-6-29(23,24)25)15(26-11)13-14(22)19(8-12(20)21)16(27)28-13/h3-4,7H,1-2,5-6,8H2,(H,20,21)(H,23,24,25)/b15-13+. The number of anilines is 1. The van der Waals surface area contributed by atoms with Gasteiger partial charge in [-0.2, -0.15) is 8.42 Å². The highest BCUT2D eigenvalue weighted by atomic mass is 35.5. The van der Waals surface area contributed by atoms with Gasteiger partial charge in [0.25, 0.3) is 16.0 Å². The zero-order valence-corrected chi connectivity index (χ0v) is 17.9. The summed E-state index contributed by atoms with van der Waals surface area (Å²) in [7, 11) is -4.07. The molecule has 1 aromatic carbocycles. The first kappa shape index (κ1) is 21.8. The van der Waals surface area contributed by atoms with Crippen molar-refractivity contribution in [2.24, 2.45) is 0 Å². The zero-order valence-electron chi connectivity index (χ0n) is 14.7. The molecule has 0 radical (unpaired) electrons. The van der Waals surface area contributed by atoms with Crippen LogP contribution in [0.15, 0.2) is 29.0 Å². The maximum absolute atomic E-state index is 12.7. The molecule has 1 saturated heterocycles. The van der Waals surface area contributed by atoms with Crippen LogP contribution in [0, 0.1) is 0 Å². The average Bonchev–Trinajstić information content (AvgIpc) is 3.09. The number of carbonyl (C=O) groups is 2. The van der Waals surface area contributed by atoms with Gasteiger partial charge in [0.1, 0.15) is 15.8 Å². The maximum Gasteiger partial charge on any atom is 0.323 e. The van der Waals surface area contributed by atoms with E-state index >= 15 is 0 Å². The zero-order chi connectivity index (χ0) is 21.3. The molecule has 2 aliphatic heterocycles. The molecule has 1 fully saturated rings. The van der Waals surface area contributed by atoms with Crippen LogP contribution >= 0.6 is 35.6 Å². The molecule has 0 spiro atoms. The number of carbonyl (C=O) groups excluding carboxylic acids is 1. The van der Waals surface area contributed by atoms with Crippen LogP contribution < -0.4 is 9.64 Å². The Balaban J connectivity index is 1.90. The number of benzene rings is 1. The SMILES string of the molecule is O=C(O)CN1C(=O)/C(=C2\Oc3ccc(Cl)cc3N2CCCCS(=O)(=O)O)SC1=S.